The first-order valence-corrected chi connectivity index (χ1v) is 9.99. The van der Waals surface area contributed by atoms with E-state index in [4.69, 9.17) is 9.47 Å². The Kier molecular flexibility index (Phi) is 7.17. The summed E-state index contributed by atoms with van der Waals surface area (Å²) in [7, 11) is -2.84. The van der Waals surface area contributed by atoms with Gasteiger partial charge in [0.1, 0.15) is 0 Å². The van der Waals surface area contributed by atoms with Gasteiger partial charge < -0.3 is 20.1 Å². The maximum atomic E-state index is 11.5. The van der Waals surface area contributed by atoms with Crippen LogP contribution in [0.4, 0.5) is 0 Å². The first kappa shape index (κ1) is 20.1. The molecular formula is C16H24IN3O4S. The van der Waals surface area contributed by atoms with Gasteiger partial charge in [0.25, 0.3) is 0 Å². The van der Waals surface area contributed by atoms with Crippen LogP contribution < -0.4 is 20.1 Å². The standard InChI is InChI=1S/C16H23N3O4S.HI/c1-2-17-16(19-9-13-5-6-24(20,21)10-13)18-8-12-3-4-14-15(7-12)23-11-22-14;/h3-4,7,13H,2,5-6,8-11H2,1H3,(H2,17,18,19);1H. The number of halogens is 1. The minimum atomic E-state index is -2.84. The Morgan fingerprint density at radius 1 is 1.28 bits per heavy atom. The highest BCUT2D eigenvalue weighted by atomic mass is 127. The van der Waals surface area contributed by atoms with E-state index in [0.717, 1.165) is 30.0 Å². The number of hydrogen-bond acceptors (Lipinski definition) is 5. The summed E-state index contributed by atoms with van der Waals surface area (Å²) in [6, 6.07) is 5.78. The second-order valence-electron chi connectivity index (χ2n) is 6.03. The molecule has 2 heterocycles. The van der Waals surface area contributed by atoms with Crippen molar-refractivity contribution in [3.63, 3.8) is 0 Å². The lowest BCUT2D eigenvalue weighted by molar-refractivity contribution is 0.174. The van der Waals surface area contributed by atoms with Crippen molar-refractivity contribution < 1.29 is 17.9 Å². The van der Waals surface area contributed by atoms with Gasteiger partial charge in [-0.1, -0.05) is 6.07 Å². The van der Waals surface area contributed by atoms with E-state index in [-0.39, 0.29) is 42.4 Å². The zero-order valence-electron chi connectivity index (χ0n) is 14.2. The molecule has 0 saturated carbocycles. The summed E-state index contributed by atoms with van der Waals surface area (Å²) < 4.78 is 33.7. The van der Waals surface area contributed by atoms with Crippen LogP contribution in [0.2, 0.25) is 0 Å². The van der Waals surface area contributed by atoms with E-state index >= 15 is 0 Å². The second-order valence-corrected chi connectivity index (χ2v) is 8.26. The van der Waals surface area contributed by atoms with E-state index in [2.05, 4.69) is 15.6 Å². The summed E-state index contributed by atoms with van der Waals surface area (Å²) in [4.78, 5) is 4.56. The normalized spacial score (nSPS) is 20.8. The van der Waals surface area contributed by atoms with E-state index in [1.54, 1.807) is 0 Å². The van der Waals surface area contributed by atoms with Crippen molar-refractivity contribution in [1.82, 2.24) is 10.6 Å². The molecule has 1 atom stereocenters. The molecule has 1 aromatic rings. The molecule has 0 aliphatic carbocycles. The number of hydrogen-bond donors (Lipinski definition) is 2. The number of fused-ring (bicyclic) bond motifs is 1. The van der Waals surface area contributed by atoms with Crippen molar-refractivity contribution in [2.75, 3.05) is 31.4 Å². The van der Waals surface area contributed by atoms with Gasteiger partial charge in [-0.2, -0.15) is 0 Å². The monoisotopic (exact) mass is 481 g/mol. The predicted molar refractivity (Wildman–Crippen MR) is 108 cm³/mol. The maximum Gasteiger partial charge on any atom is 0.231 e. The summed E-state index contributed by atoms with van der Waals surface area (Å²) in [6.45, 7) is 4.13. The molecule has 1 unspecified atom stereocenters. The van der Waals surface area contributed by atoms with Crippen molar-refractivity contribution in [2.45, 2.75) is 19.9 Å². The van der Waals surface area contributed by atoms with E-state index in [0.29, 0.717) is 24.8 Å². The fourth-order valence-corrected chi connectivity index (χ4v) is 4.69. The lowest BCUT2D eigenvalue weighted by Crippen LogP contribution is -2.40. The molecule has 2 N–H and O–H groups in total. The zero-order chi connectivity index (χ0) is 17.0. The quantitative estimate of drug-likeness (QED) is 0.377. The third kappa shape index (κ3) is 5.63. The Labute approximate surface area is 165 Å². The molecular weight excluding hydrogens is 457 g/mol. The molecule has 2 aliphatic rings. The summed E-state index contributed by atoms with van der Waals surface area (Å²) >= 11 is 0. The van der Waals surface area contributed by atoms with Gasteiger partial charge in [-0.15, -0.1) is 24.0 Å². The van der Waals surface area contributed by atoms with Crippen LogP contribution in [-0.2, 0) is 16.4 Å². The molecule has 1 fully saturated rings. The van der Waals surface area contributed by atoms with E-state index in [1.807, 2.05) is 25.1 Å². The number of sulfone groups is 1. The first-order valence-electron chi connectivity index (χ1n) is 8.17. The van der Waals surface area contributed by atoms with Crippen molar-refractivity contribution in [2.24, 2.45) is 10.9 Å². The predicted octanol–water partition coefficient (Wildman–Crippen LogP) is 1.52. The average Bonchev–Trinajstić information content (AvgIpc) is 3.15. The summed E-state index contributed by atoms with van der Waals surface area (Å²) in [5.74, 6) is 2.92. The molecule has 0 aromatic heterocycles. The smallest absolute Gasteiger partial charge is 0.231 e. The maximum absolute atomic E-state index is 11.5. The number of aliphatic imine (C=N–C) groups is 1. The van der Waals surface area contributed by atoms with Crippen molar-refractivity contribution >= 4 is 39.8 Å². The average molecular weight is 481 g/mol. The number of benzene rings is 1. The summed E-state index contributed by atoms with van der Waals surface area (Å²) in [6.07, 6.45) is 0.719. The molecule has 0 radical (unpaired) electrons. The van der Waals surface area contributed by atoms with Crippen LogP contribution in [-0.4, -0.2) is 45.8 Å². The third-order valence-corrected chi connectivity index (χ3v) is 5.92. The fourth-order valence-electron chi connectivity index (χ4n) is 2.83. The van der Waals surface area contributed by atoms with E-state index in [1.165, 1.54) is 0 Å². The largest absolute Gasteiger partial charge is 0.454 e. The topological polar surface area (TPSA) is 89.0 Å². The van der Waals surface area contributed by atoms with E-state index in [9.17, 15) is 8.42 Å². The van der Waals surface area contributed by atoms with Crippen LogP contribution in [0.5, 0.6) is 11.5 Å². The van der Waals surface area contributed by atoms with Gasteiger partial charge in [0.2, 0.25) is 6.79 Å². The SMILES string of the molecule is CCNC(=NCc1ccc2c(c1)OCO2)NCC1CCS(=O)(=O)C1.I. The van der Waals surface area contributed by atoms with E-state index < -0.39 is 9.84 Å². The van der Waals surface area contributed by atoms with Gasteiger partial charge >= 0.3 is 0 Å². The molecule has 7 nitrogen and oxygen atoms in total. The van der Waals surface area contributed by atoms with Crippen LogP contribution in [0, 0.1) is 5.92 Å². The molecule has 0 spiro atoms. The Morgan fingerprint density at radius 3 is 2.80 bits per heavy atom. The zero-order valence-corrected chi connectivity index (χ0v) is 17.3. The highest BCUT2D eigenvalue weighted by Crippen LogP contribution is 2.32. The Balaban J connectivity index is 0.00000225. The lowest BCUT2D eigenvalue weighted by atomic mass is 10.1. The van der Waals surface area contributed by atoms with Crippen LogP contribution in [0.15, 0.2) is 23.2 Å². The van der Waals surface area contributed by atoms with Crippen LogP contribution in [0.1, 0.15) is 18.9 Å². The Bertz CT molecular complexity index is 724. The Morgan fingerprint density at radius 2 is 2.08 bits per heavy atom. The lowest BCUT2D eigenvalue weighted by Gasteiger charge is -2.14. The number of ether oxygens (including phenoxy) is 2. The highest BCUT2D eigenvalue weighted by molar-refractivity contribution is 14.0. The van der Waals surface area contributed by atoms with Gasteiger partial charge in [0.15, 0.2) is 27.3 Å². The molecule has 1 saturated heterocycles. The Hall–Kier alpha value is -1.23. The number of guanidine groups is 1. The molecule has 3 rings (SSSR count). The van der Waals surface area contributed by atoms with Gasteiger partial charge in [0.05, 0.1) is 18.1 Å². The molecule has 140 valence electrons. The van der Waals surface area contributed by atoms with Crippen LogP contribution in [0.3, 0.4) is 0 Å². The molecule has 1 aromatic carbocycles. The van der Waals surface area contributed by atoms with Crippen molar-refractivity contribution in [1.29, 1.82) is 0 Å². The molecule has 25 heavy (non-hydrogen) atoms. The third-order valence-electron chi connectivity index (χ3n) is 4.09. The first-order chi connectivity index (χ1) is 11.6. The number of rotatable bonds is 5. The molecule has 9 heteroatoms. The summed E-state index contributed by atoms with van der Waals surface area (Å²) in [5, 5.41) is 6.42. The molecule has 0 amide bonds. The highest BCUT2D eigenvalue weighted by Gasteiger charge is 2.27. The minimum Gasteiger partial charge on any atom is -0.454 e. The van der Waals surface area contributed by atoms with Gasteiger partial charge in [-0.3, -0.25) is 0 Å². The van der Waals surface area contributed by atoms with Crippen LogP contribution in [0.25, 0.3) is 0 Å². The minimum absolute atomic E-state index is 0. The number of nitrogens with zero attached hydrogens (tertiary/aromatic N) is 1. The van der Waals surface area contributed by atoms with Gasteiger partial charge in [-0.05, 0) is 37.0 Å². The van der Waals surface area contributed by atoms with Crippen molar-refractivity contribution in [3.8, 4) is 11.5 Å². The molecule has 2 aliphatic heterocycles. The second kappa shape index (κ2) is 8.93. The van der Waals surface area contributed by atoms with Gasteiger partial charge in [-0.25, -0.2) is 13.4 Å². The summed E-state index contributed by atoms with van der Waals surface area (Å²) in [5.41, 5.74) is 1.03. The number of nitrogens with one attached hydrogen (secondary N) is 2. The van der Waals surface area contributed by atoms with Crippen molar-refractivity contribution in [3.05, 3.63) is 23.8 Å². The fraction of sp³-hybridized carbons (Fsp3) is 0.562. The van der Waals surface area contributed by atoms with Gasteiger partial charge in [0, 0.05) is 13.1 Å². The van der Waals surface area contributed by atoms with Crippen LogP contribution >= 0.6 is 24.0 Å². The molecule has 0 bridgehead atoms.